The first-order valence-corrected chi connectivity index (χ1v) is 5.48. The molecule has 1 rings (SSSR count). The molecule has 0 radical (unpaired) electrons. The topological polar surface area (TPSA) is 25.6 Å². The first kappa shape index (κ1) is 9.85. The molecule has 2 heteroatoms. The Morgan fingerprint density at radius 3 is 2.50 bits per heavy atom. The van der Waals surface area contributed by atoms with Gasteiger partial charge in [0, 0.05) is 0 Å². The van der Waals surface area contributed by atoms with E-state index in [2.05, 4.69) is 19.9 Å². The summed E-state index contributed by atoms with van der Waals surface area (Å²) >= 11 is 1.75. The van der Waals surface area contributed by atoms with E-state index >= 15 is 0 Å². The van der Waals surface area contributed by atoms with Gasteiger partial charge in [0.25, 0.3) is 0 Å². The number of allylic oxidation sites excluding steroid dienone is 2. The van der Waals surface area contributed by atoms with Gasteiger partial charge in [0.2, 0.25) is 5.04 Å². The quantitative estimate of drug-likeness (QED) is 0.515. The van der Waals surface area contributed by atoms with E-state index in [1.54, 1.807) is 11.8 Å². The minimum atomic E-state index is 0.685. The Hall–Kier alpha value is -0.240. The van der Waals surface area contributed by atoms with Crippen LogP contribution in [0.3, 0.4) is 0 Å². The molecule has 1 saturated carbocycles. The summed E-state index contributed by atoms with van der Waals surface area (Å²) in [6, 6.07) is 0. The van der Waals surface area contributed by atoms with Crippen LogP contribution in [0, 0.1) is 5.92 Å². The molecule has 0 aromatic rings. The lowest BCUT2D eigenvalue weighted by molar-refractivity contribution is -0.114. The molecule has 1 fully saturated rings. The lowest BCUT2D eigenvalue weighted by Crippen LogP contribution is -2.41. The average Bonchev–Trinajstić information content (AvgIpc) is 2.56. The second-order valence-corrected chi connectivity index (χ2v) is 4.70. The van der Waals surface area contributed by atoms with Gasteiger partial charge in [-0.25, -0.2) is 0 Å². The Morgan fingerprint density at radius 2 is 2.00 bits per heavy atom. The van der Waals surface area contributed by atoms with Gasteiger partial charge in [-0.3, -0.25) is 5.41 Å². The summed E-state index contributed by atoms with van der Waals surface area (Å²) in [5, 5.41) is 7.12. The van der Waals surface area contributed by atoms with Crippen LogP contribution >= 0.6 is 11.8 Å². The zero-order valence-corrected chi connectivity index (χ0v) is 8.79. The molecular formula is C10H18NS+. The first-order chi connectivity index (χ1) is 5.74. The molecule has 0 heterocycles. The summed E-state index contributed by atoms with van der Waals surface area (Å²) in [4.78, 5) is 1.32. The molecular weight excluding hydrogens is 166 g/mol. The molecule has 0 aliphatic heterocycles. The van der Waals surface area contributed by atoms with Crippen molar-refractivity contribution in [1.82, 2.24) is 0 Å². The van der Waals surface area contributed by atoms with Gasteiger partial charge in [-0.2, -0.15) is 0 Å². The highest BCUT2D eigenvalue weighted by molar-refractivity contribution is 8.16. The Bertz CT molecular complexity index is 190. The highest BCUT2D eigenvalue weighted by atomic mass is 32.2. The fourth-order valence-electron chi connectivity index (χ4n) is 1.54. The van der Waals surface area contributed by atoms with Crippen molar-refractivity contribution in [1.29, 1.82) is 0 Å². The molecule has 0 amide bonds. The molecule has 1 aliphatic rings. The predicted molar refractivity (Wildman–Crippen MR) is 55.9 cm³/mol. The molecule has 12 heavy (non-hydrogen) atoms. The van der Waals surface area contributed by atoms with Crippen LogP contribution < -0.4 is 5.41 Å². The SMILES string of the molecule is C/C=C(/C)SC(=[NH2+])C1CCCC1. The van der Waals surface area contributed by atoms with E-state index < -0.39 is 0 Å². The maximum Gasteiger partial charge on any atom is 0.214 e. The lowest BCUT2D eigenvalue weighted by atomic mass is 10.1. The van der Waals surface area contributed by atoms with Gasteiger partial charge in [-0.1, -0.05) is 18.9 Å². The van der Waals surface area contributed by atoms with Crippen LogP contribution in [0.4, 0.5) is 0 Å². The van der Waals surface area contributed by atoms with Gasteiger partial charge >= 0.3 is 0 Å². The third-order valence-corrected chi connectivity index (χ3v) is 3.57. The minimum Gasteiger partial charge on any atom is -0.252 e. The molecule has 0 bridgehead atoms. The van der Waals surface area contributed by atoms with Crippen LogP contribution in [0.25, 0.3) is 0 Å². The van der Waals surface area contributed by atoms with E-state index in [0.29, 0.717) is 5.92 Å². The van der Waals surface area contributed by atoms with E-state index in [1.807, 2.05) is 0 Å². The van der Waals surface area contributed by atoms with E-state index in [0.717, 1.165) is 5.04 Å². The third-order valence-electron chi connectivity index (χ3n) is 2.44. The Kier molecular flexibility index (Phi) is 3.86. The van der Waals surface area contributed by atoms with Crippen molar-refractivity contribution >= 4 is 16.8 Å². The van der Waals surface area contributed by atoms with Gasteiger partial charge in [0.05, 0.1) is 5.92 Å². The maximum atomic E-state index is 5.99. The molecule has 0 unspecified atom stereocenters. The van der Waals surface area contributed by atoms with Crippen molar-refractivity contribution in [3.05, 3.63) is 11.0 Å². The molecule has 0 atom stereocenters. The summed E-state index contributed by atoms with van der Waals surface area (Å²) < 4.78 is 0. The van der Waals surface area contributed by atoms with Crippen molar-refractivity contribution in [2.24, 2.45) is 5.92 Å². The Labute approximate surface area is 79.1 Å². The van der Waals surface area contributed by atoms with Crippen LogP contribution in [0.2, 0.25) is 0 Å². The van der Waals surface area contributed by atoms with Gasteiger partial charge < -0.3 is 0 Å². The Balaban J connectivity index is 2.37. The zero-order valence-electron chi connectivity index (χ0n) is 7.97. The van der Waals surface area contributed by atoms with Crippen LogP contribution in [-0.4, -0.2) is 5.04 Å². The number of nitrogens with two attached hydrogens (primary N) is 1. The summed E-state index contributed by atoms with van der Waals surface area (Å²) in [6.07, 6.45) is 7.44. The number of thioether (sulfide) groups is 1. The van der Waals surface area contributed by atoms with Gasteiger partial charge in [0.1, 0.15) is 0 Å². The molecule has 0 aromatic heterocycles. The number of hydrogen-bond acceptors (Lipinski definition) is 1. The normalized spacial score (nSPS) is 20.0. The smallest absolute Gasteiger partial charge is 0.214 e. The van der Waals surface area contributed by atoms with E-state index in [-0.39, 0.29) is 0 Å². The summed E-state index contributed by atoms with van der Waals surface area (Å²) in [5.74, 6) is 0.685. The fourth-order valence-corrected chi connectivity index (χ4v) is 2.43. The van der Waals surface area contributed by atoms with E-state index in [9.17, 15) is 0 Å². The van der Waals surface area contributed by atoms with Gasteiger partial charge in [-0.05, 0) is 43.4 Å². The van der Waals surface area contributed by atoms with E-state index in [4.69, 9.17) is 5.41 Å². The summed E-state index contributed by atoms with van der Waals surface area (Å²) in [5.41, 5.74) is 0. The highest BCUT2D eigenvalue weighted by Crippen LogP contribution is 2.30. The molecule has 68 valence electrons. The van der Waals surface area contributed by atoms with E-state index in [1.165, 1.54) is 30.6 Å². The first-order valence-electron chi connectivity index (χ1n) is 4.67. The minimum absolute atomic E-state index is 0.685. The van der Waals surface area contributed by atoms with Gasteiger partial charge in [-0.15, -0.1) is 0 Å². The average molecular weight is 184 g/mol. The number of rotatable bonds is 2. The van der Waals surface area contributed by atoms with Crippen molar-refractivity contribution in [3.63, 3.8) is 0 Å². The van der Waals surface area contributed by atoms with Crippen molar-refractivity contribution in [3.8, 4) is 0 Å². The molecule has 1 nitrogen and oxygen atoms in total. The van der Waals surface area contributed by atoms with Crippen LogP contribution in [0.1, 0.15) is 39.5 Å². The summed E-state index contributed by atoms with van der Waals surface area (Å²) in [6.45, 7) is 4.18. The maximum absolute atomic E-state index is 5.99. The molecule has 0 aromatic carbocycles. The van der Waals surface area contributed by atoms with Crippen molar-refractivity contribution in [2.75, 3.05) is 0 Å². The number of hydrogen-bond donors (Lipinski definition) is 1. The second-order valence-electron chi connectivity index (χ2n) is 3.39. The Morgan fingerprint density at radius 1 is 1.42 bits per heavy atom. The van der Waals surface area contributed by atoms with Gasteiger partial charge in [0.15, 0.2) is 0 Å². The molecule has 0 spiro atoms. The zero-order chi connectivity index (χ0) is 8.97. The molecule has 0 saturated heterocycles. The standard InChI is InChI=1S/C10H17NS/c1-3-8(2)12-10(11)9-6-4-5-7-9/h3,9,11H,4-7H2,1-2H3/p+1/b8-3-,11-10?. The monoisotopic (exact) mass is 184 g/mol. The van der Waals surface area contributed by atoms with Crippen LogP contribution in [0.15, 0.2) is 11.0 Å². The van der Waals surface area contributed by atoms with Crippen molar-refractivity contribution < 1.29 is 5.41 Å². The summed E-state index contributed by atoms with van der Waals surface area (Å²) in [7, 11) is 0. The molecule has 2 N–H and O–H groups in total. The third kappa shape index (κ3) is 2.67. The molecule has 1 aliphatic carbocycles. The predicted octanol–water partition coefficient (Wildman–Crippen LogP) is 1.99. The highest BCUT2D eigenvalue weighted by Gasteiger charge is 2.24. The second kappa shape index (κ2) is 4.70. The van der Waals surface area contributed by atoms with Crippen LogP contribution in [0.5, 0.6) is 0 Å². The largest absolute Gasteiger partial charge is 0.252 e. The lowest BCUT2D eigenvalue weighted by Gasteiger charge is -2.04. The van der Waals surface area contributed by atoms with Crippen molar-refractivity contribution in [2.45, 2.75) is 39.5 Å². The fraction of sp³-hybridized carbons (Fsp3) is 0.700. The van der Waals surface area contributed by atoms with Crippen LogP contribution in [-0.2, 0) is 0 Å².